The molecule has 7 rings (SSSR count). The summed E-state index contributed by atoms with van der Waals surface area (Å²) in [5.74, 6) is 0.561. The van der Waals surface area contributed by atoms with E-state index >= 15 is 4.39 Å². The normalized spacial score (nSPS) is 19.6. The van der Waals surface area contributed by atoms with Gasteiger partial charge in [0.1, 0.15) is 17.0 Å². The van der Waals surface area contributed by atoms with Crippen molar-refractivity contribution in [2.45, 2.75) is 24.8 Å². The van der Waals surface area contributed by atoms with E-state index in [1.54, 1.807) is 19.5 Å². The summed E-state index contributed by atoms with van der Waals surface area (Å²) in [5, 5.41) is 0.941. The Morgan fingerprint density at radius 3 is 2.85 bits per heavy atom. The molecular formula is C30H26FN5O4. The summed E-state index contributed by atoms with van der Waals surface area (Å²) in [5.41, 5.74) is 10.6. The Hall–Kier alpha value is -4.57. The second kappa shape index (κ2) is 9.56. The Morgan fingerprint density at radius 1 is 1.10 bits per heavy atom. The molecule has 0 saturated heterocycles. The number of nitrogens with two attached hydrogens (primary N) is 1. The summed E-state index contributed by atoms with van der Waals surface area (Å²) in [7, 11) is 1.62. The number of aromatic nitrogens is 3. The molecule has 0 bridgehead atoms. The number of rotatable bonds is 4. The van der Waals surface area contributed by atoms with E-state index in [0.717, 1.165) is 33.3 Å². The first kappa shape index (κ1) is 24.5. The zero-order valence-electron chi connectivity index (χ0n) is 21.8. The Bertz CT molecular complexity index is 1720. The van der Waals surface area contributed by atoms with E-state index in [1.807, 2.05) is 42.5 Å². The molecule has 6 heterocycles. The van der Waals surface area contributed by atoms with Gasteiger partial charge in [-0.15, -0.1) is 0 Å². The minimum atomic E-state index is -0.997. The van der Waals surface area contributed by atoms with E-state index in [4.69, 9.17) is 29.7 Å². The fraction of sp³-hybridized carbons (Fsp3) is 0.267. The average molecular weight is 540 g/mol. The SMILES string of the molecule is COc1cnc2c(Cc3ccc4c(c3)[C@@]3(CCOC(N)=N3)c3cc(C5=CCOCC5)nc(F)c3O4)nccc2c1. The van der Waals surface area contributed by atoms with Gasteiger partial charge >= 0.3 is 0 Å². The second-order valence-electron chi connectivity index (χ2n) is 9.95. The minimum Gasteiger partial charge on any atom is -0.495 e. The van der Waals surface area contributed by atoms with Crippen molar-refractivity contribution in [1.82, 2.24) is 15.0 Å². The van der Waals surface area contributed by atoms with Crippen molar-refractivity contribution in [3.8, 4) is 17.2 Å². The van der Waals surface area contributed by atoms with Gasteiger partial charge in [0, 0.05) is 35.6 Å². The molecule has 0 aliphatic carbocycles. The molecule has 0 radical (unpaired) electrons. The van der Waals surface area contributed by atoms with Crippen LogP contribution in [0.1, 0.15) is 40.9 Å². The number of halogens is 1. The predicted octanol–water partition coefficient (Wildman–Crippen LogP) is 4.65. The van der Waals surface area contributed by atoms with Gasteiger partial charge in [-0.05, 0) is 47.9 Å². The summed E-state index contributed by atoms with van der Waals surface area (Å²) >= 11 is 0. The number of benzene rings is 1. The molecule has 0 unspecified atom stereocenters. The maximum atomic E-state index is 15.6. The van der Waals surface area contributed by atoms with Crippen LogP contribution in [0.3, 0.4) is 0 Å². The van der Waals surface area contributed by atoms with Gasteiger partial charge in [-0.1, -0.05) is 12.1 Å². The second-order valence-corrected chi connectivity index (χ2v) is 9.95. The number of hydrogen-bond acceptors (Lipinski definition) is 9. The lowest BCUT2D eigenvalue weighted by Gasteiger charge is -2.39. The third kappa shape index (κ3) is 4.03. The van der Waals surface area contributed by atoms with Crippen LogP contribution >= 0.6 is 0 Å². The zero-order valence-corrected chi connectivity index (χ0v) is 21.8. The Labute approximate surface area is 229 Å². The third-order valence-corrected chi connectivity index (χ3v) is 7.64. The van der Waals surface area contributed by atoms with E-state index in [9.17, 15) is 0 Å². The summed E-state index contributed by atoms with van der Waals surface area (Å²) in [6.45, 7) is 1.35. The molecule has 4 aromatic rings. The van der Waals surface area contributed by atoms with E-state index < -0.39 is 11.5 Å². The van der Waals surface area contributed by atoms with Crippen molar-refractivity contribution in [2.75, 3.05) is 26.9 Å². The van der Waals surface area contributed by atoms with Crippen LogP contribution in [-0.2, 0) is 21.4 Å². The topological polar surface area (TPSA) is 114 Å². The first-order chi connectivity index (χ1) is 19.5. The van der Waals surface area contributed by atoms with Crippen molar-refractivity contribution < 1.29 is 23.3 Å². The number of pyridine rings is 3. The summed E-state index contributed by atoms with van der Waals surface area (Å²) in [6.07, 6.45) is 7.01. The summed E-state index contributed by atoms with van der Waals surface area (Å²) in [6, 6.07) is 11.6. The van der Waals surface area contributed by atoms with Crippen LogP contribution < -0.4 is 15.2 Å². The molecule has 1 aromatic carbocycles. The number of ether oxygens (including phenoxy) is 4. The molecule has 10 heteroatoms. The number of fused-ring (bicyclic) bond motifs is 5. The Morgan fingerprint density at radius 2 is 2.02 bits per heavy atom. The van der Waals surface area contributed by atoms with Gasteiger partial charge in [0.25, 0.3) is 12.0 Å². The van der Waals surface area contributed by atoms with Crippen molar-refractivity contribution in [1.29, 1.82) is 0 Å². The molecule has 9 nitrogen and oxygen atoms in total. The first-order valence-corrected chi connectivity index (χ1v) is 13.1. The van der Waals surface area contributed by atoms with E-state index in [2.05, 4.69) is 15.0 Å². The molecule has 202 valence electrons. The minimum absolute atomic E-state index is 0.0494. The van der Waals surface area contributed by atoms with Crippen molar-refractivity contribution in [2.24, 2.45) is 10.7 Å². The van der Waals surface area contributed by atoms with Crippen LogP contribution in [0.25, 0.3) is 16.5 Å². The van der Waals surface area contributed by atoms with E-state index in [0.29, 0.717) is 61.8 Å². The van der Waals surface area contributed by atoms with Gasteiger partial charge in [0.05, 0.1) is 50.0 Å². The maximum absolute atomic E-state index is 15.6. The lowest BCUT2D eigenvalue weighted by atomic mass is 9.77. The molecule has 0 saturated carbocycles. The quantitative estimate of drug-likeness (QED) is 0.373. The molecule has 0 fully saturated rings. The molecule has 3 aliphatic heterocycles. The highest BCUT2D eigenvalue weighted by atomic mass is 19.1. The summed E-state index contributed by atoms with van der Waals surface area (Å²) in [4.78, 5) is 18.3. The highest BCUT2D eigenvalue weighted by Crippen LogP contribution is 2.53. The Balaban J connectivity index is 1.35. The average Bonchev–Trinajstić information content (AvgIpc) is 2.98. The number of amidine groups is 1. The lowest BCUT2D eigenvalue weighted by molar-refractivity contribution is 0.161. The van der Waals surface area contributed by atoms with Crippen LogP contribution in [0.5, 0.6) is 17.2 Å². The van der Waals surface area contributed by atoms with Crippen molar-refractivity contribution >= 4 is 22.5 Å². The highest BCUT2D eigenvalue weighted by Gasteiger charge is 2.46. The molecule has 2 N–H and O–H groups in total. The molecule has 3 aromatic heterocycles. The first-order valence-electron chi connectivity index (χ1n) is 13.1. The van der Waals surface area contributed by atoms with E-state index in [-0.39, 0.29) is 11.8 Å². The fourth-order valence-electron chi connectivity index (χ4n) is 5.69. The Kier molecular flexibility index (Phi) is 5.85. The number of methoxy groups -OCH3 is 1. The molecule has 40 heavy (non-hydrogen) atoms. The monoisotopic (exact) mass is 539 g/mol. The smallest absolute Gasteiger partial charge is 0.283 e. The molecule has 1 spiro atoms. The highest BCUT2D eigenvalue weighted by molar-refractivity contribution is 5.82. The van der Waals surface area contributed by atoms with Crippen LogP contribution in [0, 0.1) is 5.95 Å². The van der Waals surface area contributed by atoms with Crippen LogP contribution in [-0.4, -0.2) is 47.9 Å². The molecule has 3 aliphatic rings. The largest absolute Gasteiger partial charge is 0.495 e. The van der Waals surface area contributed by atoms with Gasteiger partial charge in [-0.2, -0.15) is 4.39 Å². The van der Waals surface area contributed by atoms with Gasteiger partial charge < -0.3 is 24.7 Å². The third-order valence-electron chi connectivity index (χ3n) is 7.64. The summed E-state index contributed by atoms with van der Waals surface area (Å²) < 4.78 is 38.0. The lowest BCUT2D eigenvalue weighted by Crippen LogP contribution is -2.39. The van der Waals surface area contributed by atoms with Crippen LogP contribution in [0.4, 0.5) is 4.39 Å². The number of nitrogens with zero attached hydrogens (tertiary/aromatic N) is 4. The standard InChI is InChI=1S/C30H26FN5O4/c1-37-20-14-19-4-8-33-24(26(19)34-16-20)13-17-2-3-25-21(12-17)30(7-11-39-29(32)36-30)22-15-23(18-5-9-38-10-6-18)35-28(31)27(22)40-25/h2-5,8,12,14-16H,6-7,9-11,13H2,1H3,(H2,32,36)/t30-/m0/s1. The number of aliphatic imine (C=N–C) groups is 1. The number of hydrogen-bond donors (Lipinski definition) is 1. The maximum Gasteiger partial charge on any atom is 0.283 e. The van der Waals surface area contributed by atoms with Crippen LogP contribution in [0.15, 0.2) is 59.9 Å². The predicted molar refractivity (Wildman–Crippen MR) is 146 cm³/mol. The van der Waals surface area contributed by atoms with Crippen LogP contribution in [0.2, 0.25) is 0 Å². The molecule has 1 atom stereocenters. The molecule has 0 amide bonds. The van der Waals surface area contributed by atoms with Gasteiger partial charge in [-0.3, -0.25) is 9.97 Å². The van der Waals surface area contributed by atoms with Gasteiger partial charge in [0.15, 0.2) is 5.75 Å². The van der Waals surface area contributed by atoms with Gasteiger partial charge in [-0.25, -0.2) is 9.98 Å². The fourth-order valence-corrected chi connectivity index (χ4v) is 5.69. The van der Waals surface area contributed by atoms with E-state index in [1.165, 1.54) is 0 Å². The van der Waals surface area contributed by atoms with Crippen molar-refractivity contribution in [3.05, 3.63) is 88.9 Å². The van der Waals surface area contributed by atoms with Gasteiger partial charge in [0.2, 0.25) is 0 Å². The van der Waals surface area contributed by atoms with Crippen molar-refractivity contribution in [3.63, 3.8) is 0 Å². The molecular weight excluding hydrogens is 513 g/mol. The zero-order chi connectivity index (χ0) is 27.3.